The predicted molar refractivity (Wildman–Crippen MR) is 146 cm³/mol. The van der Waals surface area contributed by atoms with Crippen LogP contribution in [0, 0.1) is 0 Å². The van der Waals surface area contributed by atoms with E-state index < -0.39 is 16.6 Å². The van der Waals surface area contributed by atoms with Gasteiger partial charge in [-0.15, -0.1) is 0 Å². The minimum Gasteiger partial charge on any atom is -0.410 e. The van der Waals surface area contributed by atoms with Gasteiger partial charge in [-0.3, -0.25) is 0 Å². The van der Waals surface area contributed by atoms with Gasteiger partial charge in [0.05, 0.1) is 12.2 Å². The first-order valence-corrected chi connectivity index (χ1v) is 17.8. The molecule has 0 unspecified atom stereocenters. The fraction of sp³-hybridized carbons (Fsp3) is 0.667. The van der Waals surface area contributed by atoms with Crippen LogP contribution in [0.5, 0.6) is 0 Å². The third-order valence-corrected chi connectivity index (χ3v) is 15.6. The molecule has 3 nitrogen and oxygen atoms in total. The van der Waals surface area contributed by atoms with E-state index in [1.54, 1.807) is 0 Å². The van der Waals surface area contributed by atoms with Crippen LogP contribution in [0.1, 0.15) is 67.7 Å². The van der Waals surface area contributed by atoms with Crippen molar-refractivity contribution in [1.82, 2.24) is 0 Å². The molecule has 0 N–H and O–H groups in total. The van der Waals surface area contributed by atoms with Crippen molar-refractivity contribution in [2.75, 3.05) is 0 Å². The van der Waals surface area contributed by atoms with Gasteiger partial charge in [-0.05, 0) is 49.1 Å². The van der Waals surface area contributed by atoms with E-state index in [0.29, 0.717) is 6.42 Å². The summed E-state index contributed by atoms with van der Waals surface area (Å²) in [6.07, 6.45) is 19.8. The lowest BCUT2D eigenvalue weighted by molar-refractivity contribution is -0.108. The monoisotopic (exact) mass is 478 g/mol. The highest BCUT2D eigenvalue weighted by Crippen LogP contribution is 2.38. The molecule has 0 bridgehead atoms. The summed E-state index contributed by atoms with van der Waals surface area (Å²) in [4.78, 5) is 11.1. The molecule has 0 aromatic heterocycles. The Hall–Kier alpha value is -1.02. The zero-order chi connectivity index (χ0) is 25.1. The molecule has 0 aliphatic carbocycles. The predicted octanol–water partition coefficient (Wildman–Crippen LogP) is 8.38. The van der Waals surface area contributed by atoms with Crippen molar-refractivity contribution in [1.29, 1.82) is 0 Å². The maximum atomic E-state index is 11.1. The van der Waals surface area contributed by atoms with E-state index >= 15 is 0 Å². The van der Waals surface area contributed by atoms with E-state index in [9.17, 15) is 4.79 Å². The lowest BCUT2D eigenvalue weighted by atomic mass is 10.2. The van der Waals surface area contributed by atoms with Crippen molar-refractivity contribution >= 4 is 22.9 Å². The highest BCUT2D eigenvalue weighted by atomic mass is 28.4. The molecule has 0 radical (unpaired) electrons. The molecule has 0 heterocycles. The number of hydrogen-bond acceptors (Lipinski definition) is 3. The van der Waals surface area contributed by atoms with Crippen molar-refractivity contribution in [3.63, 3.8) is 0 Å². The summed E-state index contributed by atoms with van der Waals surface area (Å²) in [7, 11) is -3.75. The van der Waals surface area contributed by atoms with Crippen LogP contribution >= 0.6 is 0 Å². The van der Waals surface area contributed by atoms with Crippen molar-refractivity contribution < 1.29 is 13.6 Å². The maximum Gasteiger partial charge on any atom is 0.192 e. The van der Waals surface area contributed by atoms with Gasteiger partial charge < -0.3 is 13.6 Å². The Balaban J connectivity index is 5.18. The second kappa shape index (κ2) is 13.6. The minimum atomic E-state index is -1.92. The Morgan fingerprint density at radius 3 is 1.44 bits per heavy atom. The molecule has 0 aliphatic rings. The second-order valence-corrected chi connectivity index (χ2v) is 21.0. The molecule has 0 amide bonds. The van der Waals surface area contributed by atoms with E-state index in [2.05, 4.69) is 99.0 Å². The number of aldehydes is 1. The van der Waals surface area contributed by atoms with E-state index in [0.717, 1.165) is 19.1 Å². The van der Waals surface area contributed by atoms with Gasteiger partial charge in [-0.1, -0.05) is 97.1 Å². The minimum absolute atomic E-state index is 0.0806. The molecule has 184 valence electrons. The molecule has 0 saturated heterocycles. The van der Waals surface area contributed by atoms with Crippen LogP contribution in [-0.2, 0) is 13.6 Å². The lowest BCUT2D eigenvalue weighted by Crippen LogP contribution is -2.43. The first-order chi connectivity index (χ1) is 14.6. The van der Waals surface area contributed by atoms with Gasteiger partial charge in [0, 0.05) is 6.42 Å². The number of carbonyl (C=O) groups is 1. The summed E-state index contributed by atoms with van der Waals surface area (Å²) in [5, 5.41) is 0.301. The van der Waals surface area contributed by atoms with E-state index in [1.165, 1.54) is 0 Å². The normalized spacial score (nSPS) is 16.6. The van der Waals surface area contributed by atoms with Gasteiger partial charge in [0.2, 0.25) is 0 Å². The molecule has 0 saturated carbocycles. The zero-order valence-corrected chi connectivity index (χ0v) is 24.7. The summed E-state index contributed by atoms with van der Waals surface area (Å²) in [5.74, 6) is 0. The summed E-state index contributed by atoms with van der Waals surface area (Å²) < 4.78 is 13.0. The van der Waals surface area contributed by atoms with E-state index in [1.807, 2.05) is 24.3 Å². The number of carbonyl (C=O) groups excluding carboxylic acids is 1. The average Bonchev–Trinajstić information content (AvgIpc) is 2.62. The number of rotatable bonds is 13. The van der Waals surface area contributed by atoms with Crippen LogP contribution in [0.15, 0.2) is 48.6 Å². The van der Waals surface area contributed by atoms with Gasteiger partial charge in [0.1, 0.15) is 6.29 Å². The molecule has 5 heteroatoms. The van der Waals surface area contributed by atoms with Gasteiger partial charge in [-0.25, -0.2) is 0 Å². The van der Waals surface area contributed by atoms with Crippen molar-refractivity contribution in [3.05, 3.63) is 48.6 Å². The smallest absolute Gasteiger partial charge is 0.192 e. The van der Waals surface area contributed by atoms with Crippen molar-refractivity contribution in [2.24, 2.45) is 0 Å². The van der Waals surface area contributed by atoms with E-state index in [-0.39, 0.29) is 22.3 Å². The maximum absolute atomic E-state index is 11.1. The Morgan fingerprint density at radius 2 is 1.09 bits per heavy atom. The zero-order valence-electron chi connectivity index (χ0n) is 22.7. The summed E-state index contributed by atoms with van der Waals surface area (Å²) in [5.41, 5.74) is 0. The van der Waals surface area contributed by atoms with Crippen molar-refractivity contribution in [3.8, 4) is 0 Å². The first-order valence-electron chi connectivity index (χ1n) is 12.0. The molecule has 0 aromatic rings. The Bertz CT molecular complexity index is 659. The summed E-state index contributed by atoms with van der Waals surface area (Å²) in [6.45, 7) is 24.6. The largest absolute Gasteiger partial charge is 0.410 e. The van der Waals surface area contributed by atoms with Crippen molar-refractivity contribution in [2.45, 2.75) is 116 Å². The number of allylic oxidation sites excluding steroid dienone is 5. The highest BCUT2D eigenvalue weighted by Gasteiger charge is 2.39. The summed E-state index contributed by atoms with van der Waals surface area (Å²) in [6, 6.07) is 0. The SMILES string of the molecule is CC/C=C\C[C@@H](/C=C/C=C/C=C/[C@H](CC=O)O[Si](C)(C)C(C)(C)C)O[Si](C)(C)C(C)(C)C. The Morgan fingerprint density at radius 1 is 0.688 bits per heavy atom. The van der Waals surface area contributed by atoms with Crippen LogP contribution in [0.25, 0.3) is 0 Å². The third kappa shape index (κ3) is 11.7. The first kappa shape index (κ1) is 31.0. The van der Waals surface area contributed by atoms with Crippen LogP contribution in [0.3, 0.4) is 0 Å². The molecule has 0 fully saturated rings. The molecule has 0 rings (SSSR count). The average molecular weight is 479 g/mol. The topological polar surface area (TPSA) is 35.5 Å². The third-order valence-electron chi connectivity index (χ3n) is 6.59. The van der Waals surface area contributed by atoms with Crippen LogP contribution < -0.4 is 0 Å². The standard InChI is InChI=1S/C27H50O3Si2/c1-12-13-16-19-24(29-31(8,9)26(2,3)4)20-17-14-15-18-21-25(22-23-28)30-32(10,11)27(5,6)7/h13-18,20-21,23-25H,12,19,22H2,1-11H3/b15-14+,16-13-,20-17+,21-18+/t24-,25+/m0/s1. The van der Waals surface area contributed by atoms with Gasteiger partial charge in [0.25, 0.3) is 0 Å². The quantitative estimate of drug-likeness (QED) is 0.115. The van der Waals surface area contributed by atoms with Gasteiger partial charge in [-0.2, -0.15) is 0 Å². The van der Waals surface area contributed by atoms with Gasteiger partial charge >= 0.3 is 0 Å². The molecule has 0 aromatic carbocycles. The fourth-order valence-electron chi connectivity index (χ4n) is 2.44. The molecule has 2 atom stereocenters. The molecular formula is C27H50O3Si2. The van der Waals surface area contributed by atoms with E-state index in [4.69, 9.17) is 8.85 Å². The van der Waals surface area contributed by atoms with Crippen LogP contribution in [-0.4, -0.2) is 35.1 Å². The Kier molecular flexibility index (Phi) is 13.2. The number of hydrogen-bond donors (Lipinski definition) is 0. The van der Waals surface area contributed by atoms with Crippen LogP contribution in [0.4, 0.5) is 0 Å². The lowest BCUT2D eigenvalue weighted by Gasteiger charge is -2.38. The highest BCUT2D eigenvalue weighted by molar-refractivity contribution is 6.74. The Labute approximate surface area is 201 Å². The molecule has 0 spiro atoms. The molecular weight excluding hydrogens is 428 g/mol. The molecule has 32 heavy (non-hydrogen) atoms. The van der Waals surface area contributed by atoms with Gasteiger partial charge in [0.15, 0.2) is 16.6 Å². The molecule has 0 aliphatic heterocycles. The second-order valence-electron chi connectivity index (χ2n) is 11.5. The fourth-order valence-corrected chi connectivity index (χ4v) is 5.01. The van der Waals surface area contributed by atoms with Crippen LogP contribution in [0.2, 0.25) is 36.3 Å². The summed E-state index contributed by atoms with van der Waals surface area (Å²) >= 11 is 0.